The van der Waals surface area contributed by atoms with E-state index in [9.17, 15) is 17.8 Å². The van der Waals surface area contributed by atoms with Crippen molar-refractivity contribution < 1.29 is 17.8 Å². The Kier molecular flexibility index (Phi) is 6.02. The quantitative estimate of drug-likeness (QED) is 0.548. The highest BCUT2D eigenvalue weighted by Crippen LogP contribution is 2.23. The smallest absolute Gasteiger partial charge is 0.270 e. The van der Waals surface area contributed by atoms with Gasteiger partial charge >= 0.3 is 0 Å². The minimum absolute atomic E-state index is 0.293. The zero-order valence-corrected chi connectivity index (χ0v) is 12.3. The van der Waals surface area contributed by atoms with Crippen LogP contribution < -0.4 is 5.32 Å². The number of carbonyl (C=O) groups excluding carboxylic acids is 1. The van der Waals surface area contributed by atoms with Crippen LogP contribution in [0.5, 0.6) is 0 Å². The molecule has 106 valence electrons. The summed E-state index contributed by atoms with van der Waals surface area (Å²) in [5.74, 6) is -0.140. The molecule has 0 aliphatic carbocycles. The third-order valence-electron chi connectivity index (χ3n) is 2.80. The first-order valence-electron chi connectivity index (χ1n) is 5.91. The van der Waals surface area contributed by atoms with Gasteiger partial charge in [0.25, 0.3) is 10.1 Å². The van der Waals surface area contributed by atoms with E-state index in [1.165, 1.54) is 0 Å². The number of carbonyl (C=O) groups is 1. The maximum absolute atomic E-state index is 11.4. The van der Waals surface area contributed by atoms with Crippen molar-refractivity contribution in [3.8, 4) is 0 Å². The molecule has 18 heavy (non-hydrogen) atoms. The van der Waals surface area contributed by atoms with Crippen molar-refractivity contribution in [1.82, 2.24) is 5.32 Å². The fraction of sp³-hybridized carbons (Fsp3) is 0.750. The summed E-state index contributed by atoms with van der Waals surface area (Å²) < 4.78 is 32.2. The van der Waals surface area contributed by atoms with Crippen molar-refractivity contribution in [2.24, 2.45) is 5.92 Å². The van der Waals surface area contributed by atoms with Gasteiger partial charge in [-0.25, -0.2) is 0 Å². The van der Waals surface area contributed by atoms with Gasteiger partial charge < -0.3 is 5.32 Å². The zero-order chi connectivity index (χ0) is 14.6. The normalized spacial score (nSPS) is 14.3. The van der Waals surface area contributed by atoms with Gasteiger partial charge in [0.1, 0.15) is 5.25 Å². The third-order valence-corrected chi connectivity index (χ3v) is 4.35. The first-order valence-corrected chi connectivity index (χ1v) is 7.42. The molecule has 0 saturated carbocycles. The Morgan fingerprint density at radius 2 is 1.89 bits per heavy atom. The van der Waals surface area contributed by atoms with Crippen LogP contribution in [0.4, 0.5) is 0 Å². The number of rotatable bonds is 7. The fourth-order valence-corrected chi connectivity index (χ4v) is 3.05. The Bertz CT molecular complexity index is 398. The average Bonchev–Trinajstić information content (AvgIpc) is 2.13. The molecule has 0 fully saturated rings. The van der Waals surface area contributed by atoms with Crippen LogP contribution in [-0.4, -0.2) is 29.7 Å². The number of hydrogen-bond donors (Lipinski definition) is 2. The summed E-state index contributed by atoms with van der Waals surface area (Å²) in [6.45, 7) is 10.4. The highest BCUT2D eigenvalue weighted by molar-refractivity contribution is 7.86. The number of hydrogen-bond acceptors (Lipinski definition) is 3. The first kappa shape index (κ1) is 17.1. The number of nitrogens with one attached hydrogen (secondary N) is 1. The number of amides is 1. The lowest BCUT2D eigenvalue weighted by Crippen LogP contribution is -2.54. The fourth-order valence-electron chi connectivity index (χ4n) is 1.82. The molecule has 0 aliphatic heterocycles. The first-order chi connectivity index (χ1) is 8.00. The summed E-state index contributed by atoms with van der Waals surface area (Å²) >= 11 is 0. The average molecular weight is 277 g/mol. The minimum Gasteiger partial charge on any atom is -0.346 e. The van der Waals surface area contributed by atoms with Crippen molar-refractivity contribution in [2.75, 3.05) is 0 Å². The van der Waals surface area contributed by atoms with E-state index < -0.39 is 26.8 Å². The molecule has 0 aromatic heterocycles. The largest absolute Gasteiger partial charge is 0.346 e. The van der Waals surface area contributed by atoms with Gasteiger partial charge in [-0.1, -0.05) is 20.4 Å². The summed E-state index contributed by atoms with van der Waals surface area (Å²) in [5.41, 5.74) is -1.05. The highest BCUT2D eigenvalue weighted by Gasteiger charge is 2.39. The van der Waals surface area contributed by atoms with Crippen LogP contribution in [-0.2, 0) is 14.9 Å². The Balaban J connectivity index is 5.06. The summed E-state index contributed by atoms with van der Waals surface area (Å²) in [6, 6.07) is 0. The molecule has 0 aromatic rings. The Morgan fingerprint density at radius 1 is 1.39 bits per heavy atom. The molecule has 1 amide bonds. The standard InChI is InChI=1S/C12H23NO4S/c1-6-11(14)13-12(4,5)10(18(15,16)17)8-7-9(2)3/h6,9-10H,1,7-8H2,2-5H3,(H,13,14)(H,15,16,17). The molecule has 1 atom stereocenters. The molecule has 2 N–H and O–H groups in total. The van der Waals surface area contributed by atoms with Crippen molar-refractivity contribution in [3.05, 3.63) is 12.7 Å². The van der Waals surface area contributed by atoms with Crippen LogP contribution in [0, 0.1) is 5.92 Å². The minimum atomic E-state index is -4.22. The van der Waals surface area contributed by atoms with E-state index in [2.05, 4.69) is 11.9 Å². The highest BCUT2D eigenvalue weighted by atomic mass is 32.2. The SMILES string of the molecule is C=CC(=O)NC(C)(C)C(CCC(C)C)S(=O)(=O)O. The molecule has 0 bridgehead atoms. The maximum Gasteiger partial charge on any atom is 0.270 e. The predicted octanol–water partition coefficient (Wildman–Crippen LogP) is 1.76. The van der Waals surface area contributed by atoms with Crippen LogP contribution in [0.15, 0.2) is 12.7 Å². The van der Waals surface area contributed by atoms with E-state index in [0.717, 1.165) is 6.08 Å². The second-order valence-electron chi connectivity index (χ2n) is 5.39. The van der Waals surface area contributed by atoms with Crippen molar-refractivity contribution in [1.29, 1.82) is 0 Å². The molecule has 1 unspecified atom stereocenters. The molecule has 6 heteroatoms. The van der Waals surface area contributed by atoms with Crippen LogP contribution in [0.1, 0.15) is 40.5 Å². The summed E-state index contributed by atoms with van der Waals surface area (Å²) in [5, 5.41) is 1.51. The van der Waals surface area contributed by atoms with E-state index in [0.29, 0.717) is 18.8 Å². The van der Waals surface area contributed by atoms with Gasteiger partial charge in [0, 0.05) is 0 Å². The monoisotopic (exact) mass is 277 g/mol. The van der Waals surface area contributed by atoms with Gasteiger partial charge in [-0.05, 0) is 38.7 Å². The molecule has 0 rings (SSSR count). The molecule has 0 heterocycles. The van der Waals surface area contributed by atoms with Crippen molar-refractivity contribution >= 4 is 16.0 Å². The topological polar surface area (TPSA) is 83.5 Å². The summed E-state index contributed by atoms with van der Waals surface area (Å²) in [6.07, 6.45) is 2.02. The van der Waals surface area contributed by atoms with E-state index in [4.69, 9.17) is 0 Å². The van der Waals surface area contributed by atoms with Crippen LogP contribution in [0.3, 0.4) is 0 Å². The van der Waals surface area contributed by atoms with E-state index >= 15 is 0 Å². The van der Waals surface area contributed by atoms with Gasteiger partial charge in [-0.3, -0.25) is 9.35 Å². The molecule has 5 nitrogen and oxygen atoms in total. The molecular weight excluding hydrogens is 254 g/mol. The van der Waals surface area contributed by atoms with Crippen LogP contribution in [0.2, 0.25) is 0 Å². The van der Waals surface area contributed by atoms with E-state index in [1.54, 1.807) is 13.8 Å². The van der Waals surface area contributed by atoms with Gasteiger partial charge in [0.05, 0.1) is 5.54 Å². The lowest BCUT2D eigenvalue weighted by molar-refractivity contribution is -0.118. The molecule has 0 spiro atoms. The van der Waals surface area contributed by atoms with Gasteiger partial charge in [0.15, 0.2) is 0 Å². The predicted molar refractivity (Wildman–Crippen MR) is 71.8 cm³/mol. The lowest BCUT2D eigenvalue weighted by atomic mass is 9.93. The molecule has 0 radical (unpaired) electrons. The summed E-state index contributed by atoms with van der Waals surface area (Å²) in [7, 11) is -4.22. The third kappa shape index (κ3) is 5.64. The van der Waals surface area contributed by atoms with Crippen molar-refractivity contribution in [3.63, 3.8) is 0 Å². The van der Waals surface area contributed by atoms with E-state index in [1.807, 2.05) is 13.8 Å². The Labute approximate surface area is 109 Å². The second-order valence-corrected chi connectivity index (χ2v) is 6.99. The molecule has 0 aliphatic rings. The zero-order valence-electron chi connectivity index (χ0n) is 11.4. The Hall–Kier alpha value is -0.880. The van der Waals surface area contributed by atoms with Crippen molar-refractivity contribution in [2.45, 2.75) is 51.3 Å². The van der Waals surface area contributed by atoms with Crippen LogP contribution in [0.25, 0.3) is 0 Å². The molecular formula is C12H23NO4S. The molecule has 0 aromatic carbocycles. The Morgan fingerprint density at radius 3 is 2.22 bits per heavy atom. The summed E-state index contributed by atoms with van der Waals surface area (Å²) in [4.78, 5) is 11.3. The maximum atomic E-state index is 11.4. The molecule has 0 saturated heterocycles. The van der Waals surface area contributed by atoms with Gasteiger partial charge in [0.2, 0.25) is 5.91 Å². The van der Waals surface area contributed by atoms with Crippen LogP contribution >= 0.6 is 0 Å². The van der Waals surface area contributed by atoms with E-state index in [-0.39, 0.29) is 0 Å². The van der Waals surface area contributed by atoms with Gasteiger partial charge in [-0.15, -0.1) is 0 Å². The lowest BCUT2D eigenvalue weighted by Gasteiger charge is -2.33. The second kappa shape index (κ2) is 6.33. The van der Waals surface area contributed by atoms with Gasteiger partial charge in [-0.2, -0.15) is 8.42 Å².